The van der Waals surface area contributed by atoms with Crippen molar-refractivity contribution in [2.24, 2.45) is 22.7 Å². The van der Waals surface area contributed by atoms with E-state index < -0.39 is 15.8 Å². The molecular formula is C24H34N2O5S. The van der Waals surface area contributed by atoms with E-state index in [2.05, 4.69) is 37.4 Å². The Bertz CT molecular complexity index is 1260. The third-order valence-electron chi connectivity index (χ3n) is 9.41. The van der Waals surface area contributed by atoms with Gasteiger partial charge in [-0.3, -0.25) is 4.98 Å². The van der Waals surface area contributed by atoms with Gasteiger partial charge in [0.05, 0.1) is 18.9 Å². The van der Waals surface area contributed by atoms with Crippen molar-refractivity contribution in [2.45, 2.75) is 71.3 Å². The lowest BCUT2D eigenvalue weighted by molar-refractivity contribution is -0.109. The van der Waals surface area contributed by atoms with E-state index in [1.54, 1.807) is 7.11 Å². The van der Waals surface area contributed by atoms with Gasteiger partial charge in [0.15, 0.2) is 5.58 Å². The van der Waals surface area contributed by atoms with Crippen molar-refractivity contribution < 1.29 is 17.6 Å². The van der Waals surface area contributed by atoms with Crippen LogP contribution in [0.25, 0.3) is 11.1 Å². The standard InChI is InChI=1S/C24H34N2O5S/c1-22(2)16-7-9-24(4)17(23(16,3)10-8-18(22)26-32(6,28)29)11-13-19(24)15(30-5)12-14-20(13)31-21(27)25-14/h12,16-18,26H,7-11H2,1-6H3,(H,25,27). The van der Waals surface area contributed by atoms with Gasteiger partial charge < -0.3 is 9.15 Å². The maximum atomic E-state index is 12.0. The average molecular weight is 463 g/mol. The number of hydrogen-bond donors (Lipinski definition) is 2. The molecule has 0 saturated heterocycles. The Balaban J connectivity index is 1.62. The highest BCUT2D eigenvalue weighted by Gasteiger charge is 2.63. The molecule has 0 spiro atoms. The van der Waals surface area contributed by atoms with Crippen LogP contribution in [0, 0.1) is 22.7 Å². The van der Waals surface area contributed by atoms with Crippen LogP contribution < -0.4 is 15.2 Å². The lowest BCUT2D eigenvalue weighted by Crippen LogP contribution is -2.61. The smallest absolute Gasteiger partial charge is 0.417 e. The van der Waals surface area contributed by atoms with Crippen LogP contribution in [-0.2, 0) is 21.9 Å². The fraction of sp³-hybridized carbons (Fsp3) is 0.708. The predicted octanol–water partition coefficient (Wildman–Crippen LogP) is 3.71. The Labute approximate surface area is 189 Å². The van der Waals surface area contributed by atoms with Crippen molar-refractivity contribution in [3.63, 3.8) is 0 Å². The number of benzene rings is 1. The predicted molar refractivity (Wildman–Crippen MR) is 124 cm³/mol. The Hall–Kier alpha value is -1.80. The molecule has 5 unspecified atom stereocenters. The van der Waals surface area contributed by atoms with Gasteiger partial charge in [0.1, 0.15) is 5.75 Å². The SMILES string of the molecule is COc1cc2[nH]c(=O)oc2c2c1C1(C)CCC3C(C)(C)C(NS(C)(=O)=O)CCC3(C)C1C2. The van der Waals surface area contributed by atoms with Crippen LogP contribution in [0.1, 0.15) is 64.5 Å². The van der Waals surface area contributed by atoms with Gasteiger partial charge in [0.25, 0.3) is 0 Å². The molecule has 2 aromatic rings. The van der Waals surface area contributed by atoms with Crippen LogP contribution in [0.2, 0.25) is 0 Å². The zero-order chi connectivity index (χ0) is 23.3. The fourth-order valence-electron chi connectivity index (χ4n) is 8.10. The van der Waals surface area contributed by atoms with E-state index in [9.17, 15) is 13.2 Å². The van der Waals surface area contributed by atoms with E-state index in [4.69, 9.17) is 9.15 Å². The number of rotatable bonds is 3. The van der Waals surface area contributed by atoms with Crippen LogP contribution >= 0.6 is 0 Å². The molecule has 2 N–H and O–H groups in total. The maximum absolute atomic E-state index is 12.0. The van der Waals surface area contributed by atoms with Gasteiger partial charge in [-0.05, 0) is 54.8 Å². The second-order valence-corrected chi connectivity index (χ2v) is 13.2. The summed E-state index contributed by atoms with van der Waals surface area (Å²) < 4.78 is 38.4. The summed E-state index contributed by atoms with van der Waals surface area (Å²) in [4.78, 5) is 14.8. The number of H-pyrrole nitrogens is 1. The van der Waals surface area contributed by atoms with E-state index in [-0.39, 0.29) is 22.3 Å². The van der Waals surface area contributed by atoms with Crippen LogP contribution in [0.15, 0.2) is 15.3 Å². The molecule has 0 aliphatic heterocycles. The Morgan fingerprint density at radius 1 is 1.16 bits per heavy atom. The van der Waals surface area contributed by atoms with Gasteiger partial charge in [-0.25, -0.2) is 17.9 Å². The quantitative estimate of drug-likeness (QED) is 0.724. The number of ether oxygens (including phenoxy) is 1. The van der Waals surface area contributed by atoms with Crippen molar-refractivity contribution in [3.8, 4) is 5.75 Å². The molecule has 0 amide bonds. The summed E-state index contributed by atoms with van der Waals surface area (Å²) in [5, 5.41) is 0. The summed E-state index contributed by atoms with van der Waals surface area (Å²) in [6, 6.07) is 1.84. The lowest BCUT2D eigenvalue weighted by Gasteiger charge is -2.63. The molecule has 1 aromatic heterocycles. The minimum atomic E-state index is -3.27. The molecule has 32 heavy (non-hydrogen) atoms. The summed E-state index contributed by atoms with van der Waals surface area (Å²) in [5.74, 6) is 1.13. The average Bonchev–Trinajstić information content (AvgIpc) is 3.20. The second-order valence-electron chi connectivity index (χ2n) is 11.4. The first kappa shape index (κ1) is 22.0. The van der Waals surface area contributed by atoms with Crippen LogP contribution in [0.3, 0.4) is 0 Å². The van der Waals surface area contributed by atoms with Gasteiger partial charge in [-0.15, -0.1) is 0 Å². The van der Waals surface area contributed by atoms with Gasteiger partial charge in [-0.2, -0.15) is 0 Å². The lowest BCUT2D eigenvalue weighted by atomic mass is 9.43. The zero-order valence-corrected chi connectivity index (χ0v) is 20.6. The molecule has 176 valence electrons. The number of hydrogen-bond acceptors (Lipinski definition) is 5. The number of methoxy groups -OCH3 is 1. The summed E-state index contributed by atoms with van der Waals surface area (Å²) in [7, 11) is -1.58. The third kappa shape index (κ3) is 2.87. The van der Waals surface area contributed by atoms with E-state index in [1.165, 1.54) is 11.8 Å². The normalized spacial score (nSPS) is 35.9. The molecule has 7 nitrogen and oxygen atoms in total. The number of fused-ring (bicyclic) bond motifs is 7. The largest absolute Gasteiger partial charge is 0.496 e. The topological polar surface area (TPSA) is 101 Å². The van der Waals surface area contributed by atoms with E-state index in [1.807, 2.05) is 6.07 Å². The number of aromatic nitrogens is 1. The molecule has 8 heteroatoms. The molecular weight excluding hydrogens is 428 g/mol. The first-order valence-electron chi connectivity index (χ1n) is 11.5. The summed E-state index contributed by atoms with van der Waals surface area (Å²) in [5.41, 5.74) is 3.44. The fourth-order valence-corrected chi connectivity index (χ4v) is 9.04. The summed E-state index contributed by atoms with van der Waals surface area (Å²) in [6.07, 6.45) is 5.90. The van der Waals surface area contributed by atoms with Crippen molar-refractivity contribution in [1.29, 1.82) is 0 Å². The van der Waals surface area contributed by atoms with Crippen LogP contribution in [-0.4, -0.2) is 32.8 Å². The van der Waals surface area contributed by atoms with Crippen molar-refractivity contribution in [3.05, 3.63) is 27.7 Å². The number of sulfonamides is 1. The molecule has 5 rings (SSSR count). The Morgan fingerprint density at radius 2 is 1.88 bits per heavy atom. The highest BCUT2D eigenvalue weighted by Crippen LogP contribution is 2.68. The first-order chi connectivity index (χ1) is 14.8. The summed E-state index contributed by atoms with van der Waals surface area (Å²) >= 11 is 0. The molecule has 3 aliphatic rings. The molecule has 1 aromatic carbocycles. The number of nitrogens with one attached hydrogen (secondary N) is 2. The summed E-state index contributed by atoms with van der Waals surface area (Å²) in [6.45, 7) is 9.21. The van der Waals surface area contributed by atoms with Crippen molar-refractivity contribution in [1.82, 2.24) is 9.71 Å². The zero-order valence-electron chi connectivity index (χ0n) is 19.8. The highest BCUT2D eigenvalue weighted by atomic mass is 32.2. The minimum Gasteiger partial charge on any atom is -0.496 e. The van der Waals surface area contributed by atoms with Crippen molar-refractivity contribution >= 4 is 21.1 Å². The van der Waals surface area contributed by atoms with E-state index >= 15 is 0 Å². The van der Waals surface area contributed by atoms with Gasteiger partial charge in [0.2, 0.25) is 10.0 Å². The van der Waals surface area contributed by atoms with Crippen LogP contribution in [0.4, 0.5) is 0 Å². The van der Waals surface area contributed by atoms with Gasteiger partial charge in [-0.1, -0.05) is 27.7 Å². The van der Waals surface area contributed by atoms with Gasteiger partial charge >= 0.3 is 5.76 Å². The Morgan fingerprint density at radius 3 is 2.53 bits per heavy atom. The van der Waals surface area contributed by atoms with Crippen LogP contribution in [0.5, 0.6) is 5.75 Å². The molecule has 0 bridgehead atoms. The number of oxazole rings is 1. The first-order valence-corrected chi connectivity index (χ1v) is 13.4. The monoisotopic (exact) mass is 462 g/mol. The highest BCUT2D eigenvalue weighted by molar-refractivity contribution is 7.88. The molecule has 2 fully saturated rings. The third-order valence-corrected chi connectivity index (χ3v) is 10.1. The molecule has 0 radical (unpaired) electrons. The molecule has 2 saturated carbocycles. The van der Waals surface area contributed by atoms with Gasteiger partial charge in [0, 0.05) is 28.7 Å². The molecule has 1 heterocycles. The Kier molecular flexibility index (Phi) is 4.56. The minimum absolute atomic E-state index is 0.0408. The van der Waals surface area contributed by atoms with E-state index in [0.717, 1.165) is 43.4 Å². The second kappa shape index (κ2) is 6.63. The maximum Gasteiger partial charge on any atom is 0.417 e. The van der Waals surface area contributed by atoms with E-state index in [0.29, 0.717) is 22.9 Å². The molecule has 5 atom stereocenters. The number of aromatic amines is 1. The molecule has 3 aliphatic carbocycles. The van der Waals surface area contributed by atoms with Crippen molar-refractivity contribution in [2.75, 3.05) is 13.4 Å².